The number of benzene rings is 2. The van der Waals surface area contributed by atoms with Crippen LogP contribution in [-0.4, -0.2) is 42.6 Å². The lowest BCUT2D eigenvalue weighted by molar-refractivity contribution is 0.0133. The van der Waals surface area contributed by atoms with Gasteiger partial charge in [0.25, 0.3) is 5.92 Å². The molecular weight excluding hydrogens is 653 g/mol. The van der Waals surface area contributed by atoms with Crippen LogP contribution in [0.2, 0.25) is 0 Å². The van der Waals surface area contributed by atoms with Gasteiger partial charge in [-0.3, -0.25) is 0 Å². The summed E-state index contributed by atoms with van der Waals surface area (Å²) in [5.41, 5.74) is 3.01. The van der Waals surface area contributed by atoms with Gasteiger partial charge in [0.05, 0.1) is 6.20 Å². The van der Waals surface area contributed by atoms with Crippen LogP contribution in [-0.2, 0) is 5.92 Å². The van der Waals surface area contributed by atoms with Crippen LogP contribution < -0.4 is 5.32 Å². The first kappa shape index (κ1) is 35.5. The van der Waals surface area contributed by atoms with Crippen molar-refractivity contribution < 1.29 is 27.5 Å². The average Bonchev–Trinajstić information content (AvgIpc) is 3.90. The molecule has 13 heteroatoms. The number of allylic oxidation sites excluding steroid dienone is 1. The third-order valence-electron chi connectivity index (χ3n) is 8.05. The Morgan fingerprint density at radius 2 is 1.76 bits per heavy atom. The van der Waals surface area contributed by atoms with Crippen molar-refractivity contribution in [3.05, 3.63) is 99.8 Å². The minimum absolute atomic E-state index is 0.127. The zero-order valence-electron chi connectivity index (χ0n) is 27.4. The Bertz CT molecular complexity index is 1840. The van der Waals surface area contributed by atoms with E-state index in [1.165, 1.54) is 85.9 Å². The number of hydrogen-bond acceptors (Lipinski definition) is 8. The lowest BCUT2D eigenvalue weighted by Gasteiger charge is -2.15. The van der Waals surface area contributed by atoms with Gasteiger partial charge in [0.2, 0.25) is 0 Å². The van der Waals surface area contributed by atoms with Crippen LogP contribution in [0.15, 0.2) is 70.9 Å². The minimum Gasteiger partial charge on any atom is -0.476 e. The Hall–Kier alpha value is -4.78. The molecule has 0 fully saturated rings. The predicted octanol–water partition coefficient (Wildman–Crippen LogP) is 9.72. The van der Waals surface area contributed by atoms with Crippen molar-refractivity contribution in [1.29, 1.82) is 0 Å². The quantitative estimate of drug-likeness (QED) is 0.104. The number of unbranched alkanes of at least 4 members (excludes halogenated alkanes) is 7. The number of anilines is 1. The maximum atomic E-state index is 13.8. The molecule has 1 atom stereocenters. The Kier molecular flexibility index (Phi) is 12.0. The molecule has 6 rings (SSSR count). The molecule has 1 aliphatic rings. The van der Waals surface area contributed by atoms with Crippen molar-refractivity contribution in [3.8, 4) is 11.3 Å². The van der Waals surface area contributed by atoms with Gasteiger partial charge in [0.15, 0.2) is 23.7 Å². The second-order valence-corrected chi connectivity index (χ2v) is 12.7. The molecule has 3 aromatic heterocycles. The number of hydrogen-bond donors (Lipinski definition) is 2. The second-order valence-electron chi connectivity index (χ2n) is 11.9. The molecule has 0 amide bonds. The Balaban J connectivity index is 0.000000259. The van der Waals surface area contributed by atoms with Crippen LogP contribution in [0.3, 0.4) is 0 Å². The number of aromatic carboxylic acids is 1. The number of carboxylic acid groups (broad SMARTS) is 1. The molecule has 3 heterocycles. The SMILES string of the molecule is CCCCCCCCCCNc1cnn(C2C(c3nc(C(C)(F)F)cs3)=Cc3ccccc32)n1.O=C(O)c1ncoc1-c1ccc(F)cc1. The van der Waals surface area contributed by atoms with Crippen LogP contribution >= 0.6 is 11.3 Å². The molecule has 0 radical (unpaired) electrons. The first-order valence-corrected chi connectivity index (χ1v) is 17.3. The van der Waals surface area contributed by atoms with Crippen LogP contribution in [0.4, 0.5) is 19.0 Å². The highest BCUT2D eigenvalue weighted by Gasteiger charge is 2.34. The highest BCUT2D eigenvalue weighted by Crippen LogP contribution is 2.44. The van der Waals surface area contributed by atoms with Gasteiger partial charge >= 0.3 is 5.97 Å². The molecule has 0 saturated carbocycles. The largest absolute Gasteiger partial charge is 0.476 e. The molecule has 5 aromatic rings. The maximum absolute atomic E-state index is 13.8. The van der Waals surface area contributed by atoms with Gasteiger partial charge in [-0.1, -0.05) is 76.1 Å². The summed E-state index contributed by atoms with van der Waals surface area (Å²) in [7, 11) is 0. The highest BCUT2D eigenvalue weighted by molar-refractivity contribution is 7.10. The summed E-state index contributed by atoms with van der Waals surface area (Å²) in [6.07, 6.45) is 15.0. The summed E-state index contributed by atoms with van der Waals surface area (Å²) in [4.78, 5) is 20.2. The fraction of sp³-hybridized carbons (Fsp3) is 0.361. The van der Waals surface area contributed by atoms with Crippen LogP contribution in [0, 0.1) is 5.82 Å². The summed E-state index contributed by atoms with van der Waals surface area (Å²) < 4.78 is 45.1. The van der Waals surface area contributed by atoms with E-state index in [0.29, 0.717) is 10.6 Å². The zero-order valence-corrected chi connectivity index (χ0v) is 28.2. The summed E-state index contributed by atoms with van der Waals surface area (Å²) in [6.45, 7) is 3.98. The smallest absolute Gasteiger partial charge is 0.358 e. The summed E-state index contributed by atoms with van der Waals surface area (Å²) >= 11 is 1.23. The predicted molar refractivity (Wildman–Crippen MR) is 184 cm³/mol. The van der Waals surface area contributed by atoms with E-state index in [1.807, 2.05) is 30.3 Å². The fourth-order valence-corrected chi connectivity index (χ4v) is 6.44. The van der Waals surface area contributed by atoms with E-state index in [0.717, 1.165) is 48.8 Å². The van der Waals surface area contributed by atoms with E-state index in [9.17, 15) is 18.0 Å². The van der Waals surface area contributed by atoms with Crippen molar-refractivity contribution in [1.82, 2.24) is 25.0 Å². The lowest BCUT2D eigenvalue weighted by atomic mass is 10.0. The molecule has 9 nitrogen and oxygen atoms in total. The van der Waals surface area contributed by atoms with Crippen LogP contribution in [0.5, 0.6) is 0 Å². The van der Waals surface area contributed by atoms with Crippen molar-refractivity contribution in [2.75, 3.05) is 11.9 Å². The average molecular weight is 693 g/mol. The van der Waals surface area contributed by atoms with Crippen molar-refractivity contribution in [2.45, 2.75) is 77.2 Å². The van der Waals surface area contributed by atoms with E-state index in [1.54, 1.807) is 11.0 Å². The van der Waals surface area contributed by atoms with Gasteiger partial charge in [-0.25, -0.2) is 19.2 Å². The van der Waals surface area contributed by atoms with Gasteiger partial charge in [-0.2, -0.15) is 18.7 Å². The van der Waals surface area contributed by atoms with Crippen molar-refractivity contribution >= 4 is 34.8 Å². The van der Waals surface area contributed by atoms with Gasteiger partial charge in [-0.05, 0) is 47.9 Å². The summed E-state index contributed by atoms with van der Waals surface area (Å²) in [5, 5.41) is 23.3. The van der Waals surface area contributed by atoms with Gasteiger partial charge in [0.1, 0.15) is 22.6 Å². The number of nitrogens with one attached hydrogen (secondary N) is 1. The number of fused-ring (bicyclic) bond motifs is 1. The molecular formula is C36H39F3N6O3S. The van der Waals surface area contributed by atoms with Gasteiger partial charge in [-0.15, -0.1) is 16.4 Å². The van der Waals surface area contributed by atoms with Gasteiger partial charge < -0.3 is 14.8 Å². The molecule has 49 heavy (non-hydrogen) atoms. The minimum atomic E-state index is -2.97. The third-order valence-corrected chi connectivity index (χ3v) is 8.94. The van der Waals surface area contributed by atoms with E-state index in [2.05, 4.69) is 32.4 Å². The number of alkyl halides is 2. The first-order valence-electron chi connectivity index (χ1n) is 16.4. The third kappa shape index (κ3) is 9.23. The fourth-order valence-electron chi connectivity index (χ4n) is 5.50. The maximum Gasteiger partial charge on any atom is 0.358 e. The second kappa shape index (κ2) is 16.6. The van der Waals surface area contributed by atoms with E-state index < -0.39 is 17.7 Å². The van der Waals surface area contributed by atoms with Crippen molar-refractivity contribution in [2.24, 2.45) is 0 Å². The number of carboxylic acids is 1. The van der Waals surface area contributed by atoms with Gasteiger partial charge in [0, 0.05) is 30.0 Å². The van der Waals surface area contributed by atoms with Crippen LogP contribution in [0.1, 0.15) is 104 Å². The molecule has 0 bridgehead atoms. The monoisotopic (exact) mass is 692 g/mol. The highest BCUT2D eigenvalue weighted by atomic mass is 32.1. The molecule has 0 saturated heterocycles. The van der Waals surface area contributed by atoms with Crippen LogP contribution in [0.25, 0.3) is 23.0 Å². The number of thiazole rings is 1. The molecule has 2 N–H and O–H groups in total. The number of aromatic nitrogens is 5. The number of nitrogens with zero attached hydrogens (tertiary/aromatic N) is 5. The molecule has 1 unspecified atom stereocenters. The topological polar surface area (TPSA) is 119 Å². The Labute approximate surface area is 286 Å². The number of halogens is 3. The van der Waals surface area contributed by atoms with E-state index in [4.69, 9.17) is 9.52 Å². The molecule has 2 aromatic carbocycles. The zero-order chi connectivity index (χ0) is 34.8. The van der Waals surface area contributed by atoms with E-state index >= 15 is 0 Å². The number of carbonyl (C=O) groups is 1. The van der Waals surface area contributed by atoms with Crippen molar-refractivity contribution in [3.63, 3.8) is 0 Å². The Morgan fingerprint density at radius 1 is 1.04 bits per heavy atom. The molecule has 258 valence electrons. The number of oxazole rings is 1. The molecule has 1 aliphatic carbocycles. The van der Waals surface area contributed by atoms with E-state index in [-0.39, 0.29) is 23.2 Å². The molecule has 0 aliphatic heterocycles. The molecule has 0 spiro atoms. The Morgan fingerprint density at radius 3 is 2.45 bits per heavy atom. The lowest BCUT2D eigenvalue weighted by Crippen LogP contribution is -2.14. The normalized spacial score (nSPS) is 13.8. The first-order chi connectivity index (χ1) is 23.7. The number of rotatable bonds is 15. The summed E-state index contributed by atoms with van der Waals surface area (Å²) in [5.74, 6) is -3.68. The summed E-state index contributed by atoms with van der Waals surface area (Å²) in [6, 6.07) is 13.0. The standard InChI is InChI=1S/C26H33F2N5S.C10H6FNO3/c1-3-4-5-6-7-8-9-12-15-29-23-17-30-33(32-23)24-20-14-11-10-13-19(20)16-21(24)25-31-22(18-34-25)26(2,27)28;11-7-3-1-6(2-4-7)9-8(10(13)14)12-5-15-9/h10-11,13-14,16-18,24H,3-9,12,15H2,1-2H3,(H,29,32);1-5H,(H,13,14).